The molecule has 104 valence electrons. The van der Waals surface area contributed by atoms with Crippen molar-refractivity contribution < 1.29 is 0 Å². The third-order valence-electron chi connectivity index (χ3n) is 5.38. The second-order valence-electron chi connectivity index (χ2n) is 6.64. The minimum absolute atomic E-state index is 0.773. The molecule has 3 heterocycles. The Bertz CT molecular complexity index is 281. The van der Waals surface area contributed by atoms with E-state index in [-0.39, 0.29) is 0 Å². The van der Waals surface area contributed by atoms with Crippen molar-refractivity contribution in [3.8, 4) is 0 Å². The van der Waals surface area contributed by atoms with Crippen molar-refractivity contribution in [3.63, 3.8) is 0 Å². The smallest absolute Gasteiger partial charge is 0.0224 e. The molecule has 0 aromatic rings. The summed E-state index contributed by atoms with van der Waals surface area (Å²) in [7, 11) is 0. The first-order valence-electron chi connectivity index (χ1n) is 7.96. The summed E-state index contributed by atoms with van der Waals surface area (Å²) < 4.78 is 0. The van der Waals surface area contributed by atoms with E-state index in [9.17, 15) is 0 Å². The molecule has 3 fully saturated rings. The van der Waals surface area contributed by atoms with E-state index < -0.39 is 0 Å². The number of piperazine rings is 1. The van der Waals surface area contributed by atoms with Crippen molar-refractivity contribution in [3.05, 3.63) is 0 Å². The summed E-state index contributed by atoms with van der Waals surface area (Å²) in [5.41, 5.74) is 0. The van der Waals surface area contributed by atoms with Gasteiger partial charge in [0.05, 0.1) is 0 Å². The zero-order chi connectivity index (χ0) is 12.5. The number of likely N-dealkylation sites (tertiary alicyclic amines) is 1. The highest BCUT2D eigenvalue weighted by Gasteiger charge is 2.35. The largest absolute Gasteiger partial charge is 0.303 e. The molecular formula is C15H29N3. The first kappa shape index (κ1) is 12.9. The molecule has 3 aliphatic heterocycles. The standard InChI is InChI=1S/C15H29N3/c1-3-16-8-6-14(10-16)11-18-12-15-5-4-7-17(15)9-13(18)2/h13-15H,3-12H2,1-2H3. The number of fused-ring (bicyclic) bond motifs is 1. The minimum atomic E-state index is 0.773. The third-order valence-corrected chi connectivity index (χ3v) is 5.38. The first-order chi connectivity index (χ1) is 8.76. The van der Waals surface area contributed by atoms with Gasteiger partial charge in [0.1, 0.15) is 0 Å². The number of hydrogen-bond donors (Lipinski definition) is 0. The van der Waals surface area contributed by atoms with Crippen molar-refractivity contribution in [2.45, 2.75) is 45.2 Å². The van der Waals surface area contributed by atoms with Crippen molar-refractivity contribution in [2.75, 3.05) is 45.8 Å². The van der Waals surface area contributed by atoms with E-state index in [0.29, 0.717) is 0 Å². The van der Waals surface area contributed by atoms with Gasteiger partial charge < -0.3 is 4.90 Å². The molecule has 0 N–H and O–H groups in total. The second kappa shape index (κ2) is 5.48. The Balaban J connectivity index is 1.53. The minimum Gasteiger partial charge on any atom is -0.303 e. The van der Waals surface area contributed by atoms with E-state index in [2.05, 4.69) is 28.5 Å². The lowest BCUT2D eigenvalue weighted by atomic mass is 10.0. The number of rotatable bonds is 3. The fourth-order valence-corrected chi connectivity index (χ4v) is 4.18. The van der Waals surface area contributed by atoms with Gasteiger partial charge in [0.15, 0.2) is 0 Å². The maximum absolute atomic E-state index is 2.79. The Morgan fingerprint density at radius 2 is 1.94 bits per heavy atom. The number of hydrogen-bond acceptors (Lipinski definition) is 3. The highest BCUT2D eigenvalue weighted by molar-refractivity contribution is 4.92. The van der Waals surface area contributed by atoms with E-state index in [0.717, 1.165) is 18.0 Å². The van der Waals surface area contributed by atoms with Gasteiger partial charge in [-0.05, 0) is 51.7 Å². The summed E-state index contributed by atoms with van der Waals surface area (Å²) in [4.78, 5) is 8.13. The molecule has 0 saturated carbocycles. The Labute approximate surface area is 112 Å². The van der Waals surface area contributed by atoms with Gasteiger partial charge in [-0.3, -0.25) is 9.80 Å². The van der Waals surface area contributed by atoms with Crippen LogP contribution in [0.3, 0.4) is 0 Å². The molecule has 0 aromatic heterocycles. The van der Waals surface area contributed by atoms with E-state index >= 15 is 0 Å². The fourth-order valence-electron chi connectivity index (χ4n) is 4.18. The van der Waals surface area contributed by atoms with Gasteiger partial charge in [0, 0.05) is 38.3 Å². The van der Waals surface area contributed by atoms with E-state index in [4.69, 9.17) is 0 Å². The van der Waals surface area contributed by atoms with E-state index in [1.54, 1.807) is 0 Å². The molecule has 3 unspecified atom stereocenters. The average molecular weight is 251 g/mol. The highest BCUT2D eigenvalue weighted by Crippen LogP contribution is 2.26. The number of nitrogens with zero attached hydrogens (tertiary/aromatic N) is 3. The molecule has 0 radical (unpaired) electrons. The third kappa shape index (κ3) is 2.59. The molecule has 0 spiro atoms. The molecule has 3 atom stereocenters. The van der Waals surface area contributed by atoms with Gasteiger partial charge in [-0.1, -0.05) is 6.92 Å². The highest BCUT2D eigenvalue weighted by atomic mass is 15.3. The predicted molar refractivity (Wildman–Crippen MR) is 75.9 cm³/mol. The van der Waals surface area contributed by atoms with Gasteiger partial charge in [-0.2, -0.15) is 0 Å². The Morgan fingerprint density at radius 3 is 2.72 bits per heavy atom. The molecule has 3 aliphatic rings. The topological polar surface area (TPSA) is 9.72 Å². The summed E-state index contributed by atoms with van der Waals surface area (Å²) >= 11 is 0. The SMILES string of the molecule is CCN1CCC(CN2CC3CCCN3CC2C)C1. The van der Waals surface area contributed by atoms with Crippen LogP contribution in [0.25, 0.3) is 0 Å². The summed E-state index contributed by atoms with van der Waals surface area (Å²) in [6.45, 7) is 14.0. The lowest BCUT2D eigenvalue weighted by molar-refractivity contribution is 0.0489. The Morgan fingerprint density at radius 1 is 1.06 bits per heavy atom. The van der Waals surface area contributed by atoms with Crippen LogP contribution in [0.2, 0.25) is 0 Å². The van der Waals surface area contributed by atoms with Gasteiger partial charge in [-0.15, -0.1) is 0 Å². The lowest BCUT2D eigenvalue weighted by Crippen LogP contribution is -2.55. The molecule has 3 heteroatoms. The van der Waals surface area contributed by atoms with Crippen molar-refractivity contribution in [1.29, 1.82) is 0 Å². The van der Waals surface area contributed by atoms with Crippen LogP contribution in [-0.4, -0.2) is 72.6 Å². The molecule has 3 rings (SSSR count). The molecule has 0 aliphatic carbocycles. The van der Waals surface area contributed by atoms with Gasteiger partial charge >= 0.3 is 0 Å². The lowest BCUT2D eigenvalue weighted by Gasteiger charge is -2.43. The Hall–Kier alpha value is -0.120. The van der Waals surface area contributed by atoms with Crippen LogP contribution >= 0.6 is 0 Å². The van der Waals surface area contributed by atoms with Crippen LogP contribution in [0.1, 0.15) is 33.1 Å². The summed E-state index contributed by atoms with van der Waals surface area (Å²) in [5.74, 6) is 0.931. The quantitative estimate of drug-likeness (QED) is 0.752. The molecular weight excluding hydrogens is 222 g/mol. The molecule has 0 bridgehead atoms. The second-order valence-corrected chi connectivity index (χ2v) is 6.64. The zero-order valence-corrected chi connectivity index (χ0v) is 12.1. The molecule has 18 heavy (non-hydrogen) atoms. The average Bonchev–Trinajstić information content (AvgIpc) is 2.98. The fraction of sp³-hybridized carbons (Fsp3) is 1.00. The van der Waals surface area contributed by atoms with Gasteiger partial charge in [0.25, 0.3) is 0 Å². The molecule has 0 aromatic carbocycles. The van der Waals surface area contributed by atoms with Crippen molar-refractivity contribution >= 4 is 0 Å². The summed E-state index contributed by atoms with van der Waals surface area (Å²) in [6.07, 6.45) is 4.29. The van der Waals surface area contributed by atoms with Crippen LogP contribution in [0, 0.1) is 5.92 Å². The van der Waals surface area contributed by atoms with Crippen LogP contribution in [0.15, 0.2) is 0 Å². The summed E-state index contributed by atoms with van der Waals surface area (Å²) in [5, 5.41) is 0. The van der Waals surface area contributed by atoms with Crippen LogP contribution in [0.4, 0.5) is 0 Å². The molecule has 3 nitrogen and oxygen atoms in total. The first-order valence-corrected chi connectivity index (χ1v) is 7.96. The van der Waals surface area contributed by atoms with E-state index in [1.807, 2.05) is 0 Å². The Kier molecular flexibility index (Phi) is 3.92. The van der Waals surface area contributed by atoms with Gasteiger partial charge in [-0.25, -0.2) is 0 Å². The molecule has 0 amide bonds. The summed E-state index contributed by atoms with van der Waals surface area (Å²) in [6, 6.07) is 1.65. The van der Waals surface area contributed by atoms with Crippen molar-refractivity contribution in [1.82, 2.24) is 14.7 Å². The van der Waals surface area contributed by atoms with E-state index in [1.165, 1.54) is 65.1 Å². The monoisotopic (exact) mass is 251 g/mol. The normalized spacial score (nSPS) is 39.3. The maximum Gasteiger partial charge on any atom is 0.0224 e. The van der Waals surface area contributed by atoms with Gasteiger partial charge in [0.2, 0.25) is 0 Å². The van der Waals surface area contributed by atoms with Crippen LogP contribution < -0.4 is 0 Å². The maximum atomic E-state index is 2.79. The zero-order valence-electron chi connectivity index (χ0n) is 12.1. The van der Waals surface area contributed by atoms with Crippen LogP contribution in [-0.2, 0) is 0 Å². The van der Waals surface area contributed by atoms with Crippen LogP contribution in [0.5, 0.6) is 0 Å². The van der Waals surface area contributed by atoms with Crippen molar-refractivity contribution in [2.24, 2.45) is 5.92 Å². The molecule has 3 saturated heterocycles. The predicted octanol–water partition coefficient (Wildman–Crippen LogP) is 1.50.